The highest BCUT2D eigenvalue weighted by Crippen LogP contribution is 2.26. The van der Waals surface area contributed by atoms with Crippen LogP contribution in [0.1, 0.15) is 0 Å². The molecule has 0 aliphatic rings. The van der Waals surface area contributed by atoms with Gasteiger partial charge < -0.3 is 5.73 Å². The summed E-state index contributed by atoms with van der Waals surface area (Å²) in [4.78, 5) is 4.44. The molecule has 20 heavy (non-hydrogen) atoms. The Kier molecular flexibility index (Phi) is 3.34. The number of hydrogen-bond acceptors (Lipinski definition) is 3. The second-order valence-electron chi connectivity index (χ2n) is 4.25. The van der Waals surface area contributed by atoms with E-state index in [0.717, 1.165) is 11.1 Å². The molecule has 3 rings (SSSR count). The normalized spacial score (nSPS) is 10.7. The van der Waals surface area contributed by atoms with E-state index in [4.69, 9.17) is 28.9 Å². The first-order chi connectivity index (χ1) is 9.63. The monoisotopic (exact) mass is 304 g/mol. The fourth-order valence-electron chi connectivity index (χ4n) is 1.81. The van der Waals surface area contributed by atoms with Crippen LogP contribution in [0.15, 0.2) is 42.5 Å². The molecule has 3 N–H and O–H groups in total. The van der Waals surface area contributed by atoms with Crippen LogP contribution in [0.25, 0.3) is 22.8 Å². The van der Waals surface area contributed by atoms with Gasteiger partial charge in [0.25, 0.3) is 0 Å². The predicted molar refractivity (Wildman–Crippen MR) is 81.7 cm³/mol. The van der Waals surface area contributed by atoms with Crippen molar-refractivity contribution in [2.24, 2.45) is 0 Å². The van der Waals surface area contributed by atoms with Gasteiger partial charge >= 0.3 is 0 Å². The number of anilines is 1. The van der Waals surface area contributed by atoms with Gasteiger partial charge in [0.1, 0.15) is 0 Å². The molecule has 3 aromatic rings. The zero-order valence-electron chi connectivity index (χ0n) is 10.3. The zero-order valence-corrected chi connectivity index (χ0v) is 11.8. The van der Waals surface area contributed by atoms with Crippen LogP contribution in [0.2, 0.25) is 10.0 Å². The van der Waals surface area contributed by atoms with Crippen LogP contribution >= 0.6 is 23.2 Å². The molecule has 0 radical (unpaired) electrons. The number of nitrogen functional groups attached to an aromatic ring is 1. The van der Waals surface area contributed by atoms with Crippen molar-refractivity contribution in [2.75, 3.05) is 5.73 Å². The van der Waals surface area contributed by atoms with Crippen LogP contribution < -0.4 is 5.73 Å². The summed E-state index contributed by atoms with van der Waals surface area (Å²) in [6, 6.07) is 12.7. The predicted octanol–water partition coefficient (Wildman–Crippen LogP) is 4.03. The van der Waals surface area contributed by atoms with Crippen LogP contribution in [-0.2, 0) is 0 Å². The van der Waals surface area contributed by atoms with Crippen LogP contribution in [0.5, 0.6) is 0 Å². The van der Waals surface area contributed by atoms with E-state index in [0.29, 0.717) is 27.4 Å². The third-order valence-corrected chi connectivity index (χ3v) is 3.45. The van der Waals surface area contributed by atoms with E-state index in [1.165, 1.54) is 0 Å². The number of aromatic amines is 1. The fourth-order valence-corrected chi connectivity index (χ4v) is 2.05. The lowest BCUT2D eigenvalue weighted by Gasteiger charge is -1.99. The van der Waals surface area contributed by atoms with Crippen molar-refractivity contribution >= 4 is 28.9 Å². The molecule has 0 bridgehead atoms. The molecule has 6 heteroatoms. The first-order valence-corrected chi connectivity index (χ1v) is 6.63. The van der Waals surface area contributed by atoms with Gasteiger partial charge in [-0.25, -0.2) is 4.98 Å². The van der Waals surface area contributed by atoms with Crippen LogP contribution in [0.4, 0.5) is 5.69 Å². The molecule has 0 aliphatic heterocycles. The Morgan fingerprint density at radius 2 is 1.65 bits per heavy atom. The Hall–Kier alpha value is -2.04. The van der Waals surface area contributed by atoms with Crippen LogP contribution in [0, 0.1) is 0 Å². The Morgan fingerprint density at radius 3 is 2.35 bits per heavy atom. The second kappa shape index (κ2) is 5.15. The van der Waals surface area contributed by atoms with Crippen LogP contribution in [-0.4, -0.2) is 15.2 Å². The Bertz CT molecular complexity index is 750. The molecular formula is C14H10Cl2N4. The largest absolute Gasteiger partial charge is 0.398 e. The molecule has 0 spiro atoms. The molecular weight excluding hydrogens is 295 g/mol. The minimum Gasteiger partial charge on any atom is -0.398 e. The van der Waals surface area contributed by atoms with E-state index in [1.807, 2.05) is 18.2 Å². The van der Waals surface area contributed by atoms with Gasteiger partial charge in [-0.1, -0.05) is 23.2 Å². The first-order valence-electron chi connectivity index (χ1n) is 5.87. The third-order valence-electron chi connectivity index (χ3n) is 2.86. The summed E-state index contributed by atoms with van der Waals surface area (Å²) in [6.45, 7) is 0. The average molecular weight is 305 g/mol. The quantitative estimate of drug-likeness (QED) is 0.702. The number of nitrogens with zero attached hydrogens (tertiary/aromatic N) is 2. The first kappa shape index (κ1) is 13.0. The van der Waals surface area contributed by atoms with Crippen molar-refractivity contribution in [3.05, 3.63) is 52.5 Å². The number of nitrogens with two attached hydrogens (primary N) is 1. The van der Waals surface area contributed by atoms with E-state index in [2.05, 4.69) is 15.2 Å². The Balaban J connectivity index is 1.97. The fraction of sp³-hybridized carbons (Fsp3) is 0. The van der Waals surface area contributed by atoms with Crippen molar-refractivity contribution in [3.63, 3.8) is 0 Å². The molecule has 100 valence electrons. The lowest BCUT2D eigenvalue weighted by atomic mass is 10.2. The molecule has 0 atom stereocenters. The number of hydrogen-bond donors (Lipinski definition) is 2. The maximum absolute atomic E-state index is 5.90. The second-order valence-corrected chi connectivity index (χ2v) is 5.09. The van der Waals surface area contributed by atoms with Gasteiger partial charge in [0, 0.05) is 16.1 Å². The molecule has 0 saturated heterocycles. The van der Waals surface area contributed by atoms with Gasteiger partial charge in [-0.2, -0.15) is 5.10 Å². The molecule has 2 aromatic carbocycles. The summed E-state index contributed by atoms with van der Waals surface area (Å²) in [5, 5.41) is 8.28. The average Bonchev–Trinajstić information content (AvgIpc) is 2.92. The smallest absolute Gasteiger partial charge is 0.181 e. The van der Waals surface area contributed by atoms with Crippen molar-refractivity contribution in [3.8, 4) is 22.8 Å². The number of aromatic nitrogens is 3. The number of nitrogens with one attached hydrogen (secondary N) is 1. The van der Waals surface area contributed by atoms with Crippen LogP contribution in [0.3, 0.4) is 0 Å². The van der Waals surface area contributed by atoms with Crippen molar-refractivity contribution < 1.29 is 0 Å². The maximum atomic E-state index is 5.90. The van der Waals surface area contributed by atoms with Crippen molar-refractivity contribution in [2.45, 2.75) is 0 Å². The highest BCUT2D eigenvalue weighted by Gasteiger charge is 2.09. The lowest BCUT2D eigenvalue weighted by Crippen LogP contribution is -1.88. The molecule has 1 aromatic heterocycles. The summed E-state index contributed by atoms with van der Waals surface area (Å²) in [6.07, 6.45) is 0. The van der Waals surface area contributed by atoms with E-state index in [-0.39, 0.29) is 0 Å². The van der Waals surface area contributed by atoms with Gasteiger partial charge in [-0.3, -0.25) is 5.10 Å². The lowest BCUT2D eigenvalue weighted by molar-refractivity contribution is 1.10. The summed E-state index contributed by atoms with van der Waals surface area (Å²) < 4.78 is 0. The number of rotatable bonds is 2. The van der Waals surface area contributed by atoms with Gasteiger partial charge in [-0.05, 0) is 42.5 Å². The summed E-state index contributed by atoms with van der Waals surface area (Å²) in [5.41, 5.74) is 8.00. The summed E-state index contributed by atoms with van der Waals surface area (Å²) in [5.74, 6) is 1.24. The molecule has 4 nitrogen and oxygen atoms in total. The standard InChI is InChI=1S/C14H10Cl2N4/c15-10-4-1-8(2-5-10)13-18-14(20-19-13)9-3-6-11(16)12(17)7-9/h1-7H,17H2,(H,18,19,20). The maximum Gasteiger partial charge on any atom is 0.181 e. The molecule has 0 saturated carbocycles. The number of H-pyrrole nitrogens is 1. The minimum absolute atomic E-state index is 0.502. The van der Waals surface area contributed by atoms with Gasteiger partial charge in [0.15, 0.2) is 11.6 Å². The Morgan fingerprint density at radius 1 is 0.950 bits per heavy atom. The highest BCUT2D eigenvalue weighted by atomic mass is 35.5. The van der Waals surface area contributed by atoms with Crippen molar-refractivity contribution in [1.29, 1.82) is 0 Å². The molecule has 0 amide bonds. The number of benzene rings is 2. The van der Waals surface area contributed by atoms with Crippen molar-refractivity contribution in [1.82, 2.24) is 15.2 Å². The zero-order chi connectivity index (χ0) is 14.1. The molecule has 1 heterocycles. The van der Waals surface area contributed by atoms with E-state index in [9.17, 15) is 0 Å². The van der Waals surface area contributed by atoms with Gasteiger partial charge in [-0.15, -0.1) is 0 Å². The van der Waals surface area contributed by atoms with Gasteiger partial charge in [0.05, 0.1) is 10.7 Å². The SMILES string of the molecule is Nc1cc(-c2n[nH]c(-c3ccc(Cl)cc3)n2)ccc1Cl. The molecule has 0 unspecified atom stereocenters. The minimum atomic E-state index is 0.502. The Labute approximate surface area is 125 Å². The van der Waals surface area contributed by atoms with E-state index < -0.39 is 0 Å². The van der Waals surface area contributed by atoms with E-state index in [1.54, 1.807) is 24.3 Å². The highest BCUT2D eigenvalue weighted by molar-refractivity contribution is 6.33. The molecule has 0 aliphatic carbocycles. The topological polar surface area (TPSA) is 67.6 Å². The third kappa shape index (κ3) is 2.48. The van der Waals surface area contributed by atoms with Gasteiger partial charge in [0.2, 0.25) is 0 Å². The summed E-state index contributed by atoms with van der Waals surface area (Å²) >= 11 is 11.8. The number of halogens is 2. The summed E-state index contributed by atoms with van der Waals surface area (Å²) in [7, 11) is 0. The molecule has 0 fully saturated rings. The van der Waals surface area contributed by atoms with E-state index >= 15 is 0 Å².